The van der Waals surface area contributed by atoms with Crippen LogP contribution in [0.1, 0.15) is 16.7 Å². The van der Waals surface area contributed by atoms with Crippen LogP contribution < -0.4 is 4.74 Å². The fraction of sp³-hybridized carbons (Fsp3) is 0.0455. The van der Waals surface area contributed by atoms with E-state index < -0.39 is 0 Å². The van der Waals surface area contributed by atoms with Crippen LogP contribution in [0.2, 0.25) is 10.0 Å². The van der Waals surface area contributed by atoms with Crippen molar-refractivity contribution < 1.29 is 4.74 Å². The molecule has 6 heteroatoms. The summed E-state index contributed by atoms with van der Waals surface area (Å²) in [5.41, 5.74) is 2.98. The van der Waals surface area contributed by atoms with Crippen LogP contribution in [-0.4, -0.2) is 0 Å². The Balaban J connectivity index is 1.88. The van der Waals surface area contributed by atoms with Gasteiger partial charge in [0.1, 0.15) is 12.4 Å². The van der Waals surface area contributed by atoms with E-state index in [2.05, 4.69) is 37.9 Å². The van der Waals surface area contributed by atoms with Crippen molar-refractivity contribution in [2.75, 3.05) is 0 Å². The number of hydrogen-bond donors (Lipinski definition) is 0. The molecule has 0 aliphatic rings. The number of halogens is 4. The van der Waals surface area contributed by atoms with Gasteiger partial charge in [-0.3, -0.25) is 0 Å². The Morgan fingerprint density at radius 3 is 2.29 bits per heavy atom. The number of nitrogens with zero attached hydrogens (tertiary/aromatic N) is 1. The predicted molar refractivity (Wildman–Crippen MR) is 123 cm³/mol. The quantitative estimate of drug-likeness (QED) is 0.243. The zero-order valence-corrected chi connectivity index (χ0v) is 19.1. The van der Waals surface area contributed by atoms with Gasteiger partial charge >= 0.3 is 0 Å². The number of benzene rings is 3. The SMILES string of the molecule is N#C/C(=C\c1cc(Br)c(OCc2ccccc2)c(Br)c1)c1ccc(Cl)cc1Cl. The Morgan fingerprint density at radius 2 is 1.68 bits per heavy atom. The zero-order chi connectivity index (χ0) is 20.1. The molecule has 0 N–H and O–H groups in total. The molecule has 0 spiro atoms. The first-order chi connectivity index (χ1) is 13.5. The monoisotopic (exact) mass is 535 g/mol. The third-order valence-corrected chi connectivity index (χ3v) is 5.63. The molecule has 0 aliphatic heterocycles. The van der Waals surface area contributed by atoms with Gasteiger partial charge in [0.2, 0.25) is 0 Å². The highest BCUT2D eigenvalue weighted by molar-refractivity contribution is 9.11. The lowest BCUT2D eigenvalue weighted by molar-refractivity contribution is 0.302. The topological polar surface area (TPSA) is 33.0 Å². The van der Waals surface area contributed by atoms with Gasteiger partial charge in [0.15, 0.2) is 0 Å². The molecule has 0 atom stereocenters. The van der Waals surface area contributed by atoms with Crippen LogP contribution in [0.3, 0.4) is 0 Å². The number of ether oxygens (including phenoxy) is 1. The van der Waals surface area contributed by atoms with E-state index >= 15 is 0 Å². The zero-order valence-electron chi connectivity index (χ0n) is 14.4. The largest absolute Gasteiger partial charge is 0.487 e. The molecule has 0 radical (unpaired) electrons. The van der Waals surface area contributed by atoms with Gasteiger partial charge in [-0.05, 0) is 73.3 Å². The van der Waals surface area contributed by atoms with E-state index in [-0.39, 0.29) is 0 Å². The molecule has 140 valence electrons. The molecule has 0 aromatic heterocycles. The van der Waals surface area contributed by atoms with Gasteiger partial charge in [-0.15, -0.1) is 0 Å². The molecule has 0 fully saturated rings. The fourth-order valence-corrected chi connectivity index (χ4v) is 4.54. The van der Waals surface area contributed by atoms with Gasteiger partial charge in [0.05, 0.1) is 25.6 Å². The molecule has 0 unspecified atom stereocenters. The van der Waals surface area contributed by atoms with Crippen LogP contribution in [0, 0.1) is 11.3 Å². The maximum Gasteiger partial charge on any atom is 0.148 e. The molecule has 3 aromatic rings. The molecule has 3 aromatic carbocycles. The molecule has 2 nitrogen and oxygen atoms in total. The Bertz CT molecular complexity index is 1050. The van der Waals surface area contributed by atoms with Crippen molar-refractivity contribution in [3.05, 3.63) is 96.3 Å². The van der Waals surface area contributed by atoms with E-state index in [0.29, 0.717) is 33.5 Å². The second-order valence-electron chi connectivity index (χ2n) is 5.88. The molecular weight excluding hydrogens is 525 g/mol. The van der Waals surface area contributed by atoms with Crippen LogP contribution in [0.4, 0.5) is 0 Å². The normalized spacial score (nSPS) is 11.2. The van der Waals surface area contributed by atoms with Gasteiger partial charge in [0, 0.05) is 10.6 Å². The van der Waals surface area contributed by atoms with Crippen LogP contribution in [0.15, 0.2) is 69.6 Å². The highest BCUT2D eigenvalue weighted by atomic mass is 79.9. The third kappa shape index (κ3) is 5.18. The van der Waals surface area contributed by atoms with E-state index in [9.17, 15) is 5.26 Å². The van der Waals surface area contributed by atoms with E-state index in [0.717, 1.165) is 20.1 Å². The Kier molecular flexibility index (Phi) is 7.20. The fourth-order valence-electron chi connectivity index (χ4n) is 2.58. The summed E-state index contributed by atoms with van der Waals surface area (Å²) in [4.78, 5) is 0. The predicted octanol–water partition coefficient (Wildman–Crippen LogP) is 8.16. The smallest absolute Gasteiger partial charge is 0.148 e. The number of nitriles is 1. The van der Waals surface area contributed by atoms with Gasteiger partial charge < -0.3 is 4.74 Å². The Labute approximate surface area is 190 Å². The summed E-state index contributed by atoms with van der Waals surface area (Å²) in [5, 5.41) is 10.5. The van der Waals surface area contributed by atoms with Gasteiger partial charge in [0.25, 0.3) is 0 Å². The first-order valence-electron chi connectivity index (χ1n) is 8.21. The molecular formula is C22H13Br2Cl2NO. The Morgan fingerprint density at radius 1 is 1.00 bits per heavy atom. The van der Waals surface area contributed by atoms with Crippen LogP contribution >= 0.6 is 55.1 Å². The molecule has 0 amide bonds. The molecule has 0 saturated carbocycles. The number of allylic oxidation sites excluding steroid dienone is 1. The lowest BCUT2D eigenvalue weighted by Gasteiger charge is -2.12. The molecule has 0 bridgehead atoms. The minimum atomic E-state index is 0.432. The molecule has 0 heterocycles. The average molecular weight is 538 g/mol. The average Bonchev–Trinajstić information content (AvgIpc) is 2.67. The lowest BCUT2D eigenvalue weighted by atomic mass is 10.0. The molecule has 3 rings (SSSR count). The first kappa shape index (κ1) is 21.0. The van der Waals surface area contributed by atoms with Crippen molar-refractivity contribution in [1.29, 1.82) is 5.26 Å². The summed E-state index contributed by atoms with van der Waals surface area (Å²) in [6.45, 7) is 0.455. The van der Waals surface area contributed by atoms with Crippen molar-refractivity contribution in [2.45, 2.75) is 6.61 Å². The summed E-state index contributed by atoms with van der Waals surface area (Å²) >= 11 is 19.3. The van der Waals surface area contributed by atoms with Gasteiger partial charge in [-0.2, -0.15) is 5.26 Å². The highest BCUT2D eigenvalue weighted by Gasteiger charge is 2.11. The lowest BCUT2D eigenvalue weighted by Crippen LogP contribution is -1.97. The summed E-state index contributed by atoms with van der Waals surface area (Å²) in [7, 11) is 0. The number of hydrogen-bond acceptors (Lipinski definition) is 2. The van der Waals surface area contributed by atoms with Crippen LogP contribution in [-0.2, 0) is 6.61 Å². The van der Waals surface area contributed by atoms with E-state index in [1.165, 1.54) is 0 Å². The number of rotatable bonds is 5. The van der Waals surface area contributed by atoms with Crippen molar-refractivity contribution in [3.63, 3.8) is 0 Å². The Hall–Kier alpha value is -1.77. The minimum absolute atomic E-state index is 0.432. The maximum absolute atomic E-state index is 9.58. The summed E-state index contributed by atoms with van der Waals surface area (Å²) in [6, 6.07) is 21.0. The maximum atomic E-state index is 9.58. The van der Waals surface area contributed by atoms with Crippen LogP contribution in [0.25, 0.3) is 11.6 Å². The van der Waals surface area contributed by atoms with Crippen molar-refractivity contribution in [3.8, 4) is 11.8 Å². The van der Waals surface area contributed by atoms with Crippen molar-refractivity contribution in [1.82, 2.24) is 0 Å². The third-order valence-electron chi connectivity index (χ3n) is 3.90. The van der Waals surface area contributed by atoms with E-state index in [1.807, 2.05) is 42.5 Å². The summed E-state index contributed by atoms with van der Waals surface area (Å²) < 4.78 is 7.50. The molecule has 0 saturated heterocycles. The summed E-state index contributed by atoms with van der Waals surface area (Å²) in [5.74, 6) is 0.698. The van der Waals surface area contributed by atoms with Gasteiger partial charge in [-0.25, -0.2) is 0 Å². The second-order valence-corrected chi connectivity index (χ2v) is 8.43. The van der Waals surface area contributed by atoms with Crippen molar-refractivity contribution in [2.24, 2.45) is 0 Å². The summed E-state index contributed by atoms with van der Waals surface area (Å²) in [6.07, 6.45) is 1.77. The highest BCUT2D eigenvalue weighted by Crippen LogP contribution is 2.37. The van der Waals surface area contributed by atoms with E-state index in [4.69, 9.17) is 27.9 Å². The molecule has 28 heavy (non-hydrogen) atoms. The minimum Gasteiger partial charge on any atom is -0.487 e. The van der Waals surface area contributed by atoms with Gasteiger partial charge in [-0.1, -0.05) is 59.6 Å². The first-order valence-corrected chi connectivity index (χ1v) is 10.5. The van der Waals surface area contributed by atoms with E-state index in [1.54, 1.807) is 24.3 Å². The van der Waals surface area contributed by atoms with Crippen molar-refractivity contribution >= 4 is 66.7 Å². The molecule has 0 aliphatic carbocycles. The standard InChI is InChI=1S/C22H13Br2Cl2NO/c23-19-9-15(8-16(12-27)18-7-6-17(25)11-21(18)26)10-20(24)22(19)28-13-14-4-2-1-3-5-14/h1-11H,13H2/b16-8+. The second kappa shape index (κ2) is 9.62. The van der Waals surface area contributed by atoms with Crippen LogP contribution in [0.5, 0.6) is 5.75 Å².